The number of nitriles is 1. The van der Waals surface area contributed by atoms with Gasteiger partial charge >= 0.3 is 0 Å². The fraction of sp³-hybridized carbons (Fsp3) is 0.235. The van der Waals surface area contributed by atoms with Gasteiger partial charge in [0.05, 0.1) is 17.7 Å². The molecule has 2 rings (SSSR count). The van der Waals surface area contributed by atoms with Crippen LogP contribution < -0.4 is 4.74 Å². The number of benzene rings is 2. The van der Waals surface area contributed by atoms with Crippen LogP contribution >= 0.6 is 0 Å². The molecule has 3 heteroatoms. The van der Waals surface area contributed by atoms with Gasteiger partial charge in [0.1, 0.15) is 12.4 Å². The summed E-state index contributed by atoms with van der Waals surface area (Å²) in [5.41, 5.74) is 2.49. The normalized spacial score (nSPS) is 11.7. The number of hydrogen-bond donors (Lipinski definition) is 1. The Morgan fingerprint density at radius 1 is 1.20 bits per heavy atom. The number of rotatable bonds is 5. The van der Waals surface area contributed by atoms with Gasteiger partial charge < -0.3 is 9.84 Å². The highest BCUT2D eigenvalue weighted by Gasteiger charge is 2.04. The molecule has 1 atom stereocenters. The summed E-state index contributed by atoms with van der Waals surface area (Å²) in [6.07, 6.45) is 0.276. The van der Waals surface area contributed by atoms with Crippen LogP contribution in [0.5, 0.6) is 5.75 Å². The fourth-order valence-electron chi connectivity index (χ4n) is 1.92. The predicted octanol–water partition coefficient (Wildman–Crippen LogP) is 3.58. The molecule has 1 N–H and O–H groups in total. The summed E-state index contributed by atoms with van der Waals surface area (Å²) in [4.78, 5) is 0. The van der Waals surface area contributed by atoms with E-state index >= 15 is 0 Å². The highest BCUT2D eigenvalue weighted by molar-refractivity contribution is 5.33. The van der Waals surface area contributed by atoms with E-state index in [1.54, 1.807) is 6.07 Å². The van der Waals surface area contributed by atoms with Gasteiger partial charge in [-0.1, -0.05) is 31.2 Å². The van der Waals surface area contributed by atoms with Crippen LogP contribution in [0.1, 0.15) is 36.1 Å². The maximum atomic E-state index is 9.71. The van der Waals surface area contributed by atoms with Crippen molar-refractivity contribution in [3.63, 3.8) is 0 Å². The third-order valence-electron chi connectivity index (χ3n) is 3.11. The van der Waals surface area contributed by atoms with Crippen molar-refractivity contribution in [1.29, 1.82) is 5.26 Å². The Balaban J connectivity index is 1.98. The maximum Gasteiger partial charge on any atom is 0.119 e. The molecule has 0 saturated heterocycles. The highest BCUT2D eigenvalue weighted by atomic mass is 16.5. The smallest absolute Gasteiger partial charge is 0.119 e. The van der Waals surface area contributed by atoms with Gasteiger partial charge in [0, 0.05) is 0 Å². The van der Waals surface area contributed by atoms with Gasteiger partial charge in [-0.3, -0.25) is 0 Å². The number of aliphatic hydroxyl groups excluding tert-OH is 1. The molecule has 0 saturated carbocycles. The Morgan fingerprint density at radius 3 is 2.60 bits per heavy atom. The van der Waals surface area contributed by atoms with E-state index in [9.17, 15) is 5.11 Å². The molecule has 0 aromatic heterocycles. The molecule has 20 heavy (non-hydrogen) atoms. The zero-order chi connectivity index (χ0) is 14.4. The topological polar surface area (TPSA) is 53.2 Å². The van der Waals surface area contributed by atoms with Crippen LogP contribution in [0.15, 0.2) is 48.5 Å². The Labute approximate surface area is 119 Å². The lowest BCUT2D eigenvalue weighted by Gasteiger charge is -2.10. The van der Waals surface area contributed by atoms with E-state index in [1.165, 1.54) is 0 Å². The fourth-order valence-corrected chi connectivity index (χ4v) is 1.92. The molecule has 0 spiro atoms. The Morgan fingerprint density at radius 2 is 1.95 bits per heavy atom. The van der Waals surface area contributed by atoms with Crippen LogP contribution in [0.25, 0.3) is 0 Å². The molecule has 0 bridgehead atoms. The zero-order valence-electron chi connectivity index (χ0n) is 11.4. The van der Waals surface area contributed by atoms with Crippen molar-refractivity contribution < 1.29 is 9.84 Å². The molecule has 102 valence electrons. The van der Waals surface area contributed by atoms with Gasteiger partial charge in [-0.25, -0.2) is 0 Å². The molecular formula is C17H17NO2. The molecule has 0 unspecified atom stereocenters. The van der Waals surface area contributed by atoms with E-state index in [0.717, 1.165) is 16.9 Å². The van der Waals surface area contributed by atoms with Crippen molar-refractivity contribution in [2.45, 2.75) is 26.1 Å². The molecular weight excluding hydrogens is 250 g/mol. The van der Waals surface area contributed by atoms with Crippen molar-refractivity contribution in [1.82, 2.24) is 0 Å². The Bertz CT molecular complexity index is 599. The molecule has 2 aromatic carbocycles. The quantitative estimate of drug-likeness (QED) is 0.900. The van der Waals surface area contributed by atoms with Crippen LogP contribution in [0, 0.1) is 11.3 Å². The first-order valence-corrected chi connectivity index (χ1v) is 6.62. The molecule has 0 heterocycles. The summed E-state index contributed by atoms with van der Waals surface area (Å²) in [6, 6.07) is 16.9. The van der Waals surface area contributed by atoms with Crippen molar-refractivity contribution in [2.75, 3.05) is 0 Å². The first-order chi connectivity index (χ1) is 9.72. The third kappa shape index (κ3) is 3.59. The minimum absolute atomic E-state index is 0.420. The lowest BCUT2D eigenvalue weighted by molar-refractivity contribution is 0.173. The van der Waals surface area contributed by atoms with Crippen LogP contribution in [-0.4, -0.2) is 5.11 Å². The van der Waals surface area contributed by atoms with Crippen molar-refractivity contribution in [3.05, 3.63) is 65.2 Å². The maximum absolute atomic E-state index is 9.71. The van der Waals surface area contributed by atoms with E-state index in [4.69, 9.17) is 10.00 Å². The van der Waals surface area contributed by atoms with E-state index < -0.39 is 6.10 Å². The molecule has 0 aliphatic heterocycles. The first-order valence-electron chi connectivity index (χ1n) is 6.62. The summed E-state index contributed by atoms with van der Waals surface area (Å²) < 4.78 is 5.67. The SMILES string of the molecule is CC[C@@H](O)c1ccc(OCc2cccc(C#N)c2)cc1. The molecule has 0 fully saturated rings. The van der Waals surface area contributed by atoms with Crippen LogP contribution in [0.4, 0.5) is 0 Å². The first kappa shape index (κ1) is 14.1. The highest BCUT2D eigenvalue weighted by Crippen LogP contribution is 2.20. The van der Waals surface area contributed by atoms with E-state index in [0.29, 0.717) is 18.6 Å². The number of aliphatic hydroxyl groups is 1. The van der Waals surface area contributed by atoms with Gasteiger partial charge in [0.15, 0.2) is 0 Å². The van der Waals surface area contributed by atoms with Crippen molar-refractivity contribution in [2.24, 2.45) is 0 Å². The molecule has 0 aliphatic carbocycles. The zero-order valence-corrected chi connectivity index (χ0v) is 11.4. The largest absolute Gasteiger partial charge is 0.489 e. The van der Waals surface area contributed by atoms with Gasteiger partial charge in [0.2, 0.25) is 0 Å². The van der Waals surface area contributed by atoms with Crippen LogP contribution in [0.2, 0.25) is 0 Å². The van der Waals surface area contributed by atoms with Crippen LogP contribution in [-0.2, 0) is 6.61 Å². The average molecular weight is 267 g/mol. The standard InChI is InChI=1S/C17H17NO2/c1-2-17(19)15-6-8-16(9-7-15)20-12-14-5-3-4-13(10-14)11-18/h3-10,17,19H,2,12H2,1H3/t17-/m1/s1. The third-order valence-corrected chi connectivity index (χ3v) is 3.11. The average Bonchev–Trinajstić information content (AvgIpc) is 2.53. The van der Waals surface area contributed by atoms with E-state index in [2.05, 4.69) is 6.07 Å². The van der Waals surface area contributed by atoms with Crippen LogP contribution in [0.3, 0.4) is 0 Å². The molecule has 0 radical (unpaired) electrons. The predicted molar refractivity (Wildman–Crippen MR) is 77.2 cm³/mol. The second-order valence-corrected chi connectivity index (χ2v) is 4.59. The Hall–Kier alpha value is -2.31. The summed E-state index contributed by atoms with van der Waals surface area (Å²) >= 11 is 0. The molecule has 0 amide bonds. The minimum atomic E-state index is -0.420. The lowest BCUT2D eigenvalue weighted by Crippen LogP contribution is -1.97. The van der Waals surface area contributed by atoms with E-state index in [1.807, 2.05) is 49.4 Å². The van der Waals surface area contributed by atoms with Gasteiger partial charge in [-0.15, -0.1) is 0 Å². The summed E-state index contributed by atoms with van der Waals surface area (Å²) in [7, 11) is 0. The monoisotopic (exact) mass is 267 g/mol. The molecule has 2 aromatic rings. The summed E-state index contributed by atoms with van der Waals surface area (Å²) in [6.45, 7) is 2.36. The van der Waals surface area contributed by atoms with Gasteiger partial charge in [-0.2, -0.15) is 5.26 Å². The summed E-state index contributed by atoms with van der Waals surface area (Å²) in [5.74, 6) is 0.749. The second-order valence-electron chi connectivity index (χ2n) is 4.59. The second kappa shape index (κ2) is 6.74. The van der Waals surface area contributed by atoms with Gasteiger partial charge in [0.25, 0.3) is 0 Å². The number of nitrogens with zero attached hydrogens (tertiary/aromatic N) is 1. The Kier molecular flexibility index (Phi) is 4.75. The molecule has 0 aliphatic rings. The van der Waals surface area contributed by atoms with E-state index in [-0.39, 0.29) is 0 Å². The number of ether oxygens (including phenoxy) is 1. The van der Waals surface area contributed by atoms with Crippen molar-refractivity contribution >= 4 is 0 Å². The summed E-state index contributed by atoms with van der Waals surface area (Å²) in [5, 5.41) is 18.6. The number of hydrogen-bond acceptors (Lipinski definition) is 3. The minimum Gasteiger partial charge on any atom is -0.489 e. The van der Waals surface area contributed by atoms with Crippen molar-refractivity contribution in [3.8, 4) is 11.8 Å². The molecule has 3 nitrogen and oxygen atoms in total. The van der Waals surface area contributed by atoms with Gasteiger partial charge in [-0.05, 0) is 41.8 Å². The lowest BCUT2D eigenvalue weighted by atomic mass is 10.1.